The fourth-order valence-electron chi connectivity index (χ4n) is 5.70. The van der Waals surface area contributed by atoms with Crippen molar-refractivity contribution in [3.63, 3.8) is 0 Å². The SMILES string of the molecule is CC(C)C[C@@H]1NC(=O)c2cc(Cl)ccc2OC/C=C/CC2(CCN(CC(=O)Nc3ccc(-n4cnnn4)cc3)CC2)CNC1=O. The van der Waals surface area contributed by atoms with Crippen molar-refractivity contribution in [1.82, 2.24) is 35.7 Å². The van der Waals surface area contributed by atoms with Gasteiger partial charge in [-0.2, -0.15) is 0 Å². The van der Waals surface area contributed by atoms with E-state index in [9.17, 15) is 14.4 Å². The Balaban J connectivity index is 1.22. The Morgan fingerprint density at radius 3 is 2.62 bits per heavy atom. The highest BCUT2D eigenvalue weighted by molar-refractivity contribution is 6.31. The molecule has 1 spiro atoms. The molecule has 0 unspecified atom stereocenters. The van der Waals surface area contributed by atoms with Crippen molar-refractivity contribution < 1.29 is 19.1 Å². The molecule has 0 saturated carbocycles. The Bertz CT molecular complexity index is 1500. The summed E-state index contributed by atoms with van der Waals surface area (Å²) in [5.74, 6) is -0.113. The summed E-state index contributed by atoms with van der Waals surface area (Å²) in [5, 5.41) is 20.6. The van der Waals surface area contributed by atoms with Gasteiger partial charge in [0, 0.05) is 17.3 Å². The van der Waals surface area contributed by atoms with Crippen LogP contribution in [0.15, 0.2) is 60.9 Å². The van der Waals surface area contributed by atoms with Crippen LogP contribution < -0.4 is 20.7 Å². The van der Waals surface area contributed by atoms with Crippen LogP contribution in [0.5, 0.6) is 5.75 Å². The number of carbonyl (C=O) groups excluding carboxylic acids is 3. The van der Waals surface area contributed by atoms with Crippen molar-refractivity contribution in [3.05, 3.63) is 71.5 Å². The zero-order valence-electron chi connectivity index (χ0n) is 25.5. The van der Waals surface area contributed by atoms with Crippen LogP contribution in [0.25, 0.3) is 5.69 Å². The molecule has 45 heavy (non-hydrogen) atoms. The second kappa shape index (κ2) is 14.7. The number of carbonyl (C=O) groups is 3. The summed E-state index contributed by atoms with van der Waals surface area (Å²) in [5.41, 5.74) is 1.60. The van der Waals surface area contributed by atoms with E-state index >= 15 is 0 Å². The summed E-state index contributed by atoms with van der Waals surface area (Å²) in [4.78, 5) is 41.7. The quantitative estimate of drug-likeness (QED) is 0.349. The van der Waals surface area contributed by atoms with Gasteiger partial charge in [-0.15, -0.1) is 5.10 Å². The van der Waals surface area contributed by atoms with Crippen molar-refractivity contribution in [2.75, 3.05) is 38.1 Å². The van der Waals surface area contributed by atoms with E-state index in [-0.39, 0.29) is 29.7 Å². The number of tetrazole rings is 1. The number of likely N-dealkylation sites (tertiary alicyclic amines) is 1. The molecule has 1 atom stereocenters. The first-order valence-corrected chi connectivity index (χ1v) is 15.6. The maximum absolute atomic E-state index is 13.5. The highest BCUT2D eigenvalue weighted by Gasteiger charge is 2.35. The Morgan fingerprint density at radius 2 is 1.91 bits per heavy atom. The van der Waals surface area contributed by atoms with Crippen LogP contribution in [0, 0.1) is 11.3 Å². The third-order valence-electron chi connectivity index (χ3n) is 8.25. The van der Waals surface area contributed by atoms with Gasteiger partial charge in [0.2, 0.25) is 11.8 Å². The number of fused-ring (bicyclic) bond motifs is 1. The summed E-state index contributed by atoms with van der Waals surface area (Å²) < 4.78 is 7.49. The molecule has 0 radical (unpaired) electrons. The fraction of sp³-hybridized carbons (Fsp3) is 0.438. The number of nitrogens with zero attached hydrogens (tertiary/aromatic N) is 5. The van der Waals surface area contributed by atoms with E-state index in [0.29, 0.717) is 54.7 Å². The molecular weight excluding hydrogens is 596 g/mol. The normalized spacial score (nSPS) is 20.0. The van der Waals surface area contributed by atoms with Crippen LogP contribution in [0.3, 0.4) is 0 Å². The van der Waals surface area contributed by atoms with Gasteiger partial charge in [-0.1, -0.05) is 37.6 Å². The first kappa shape index (κ1) is 32.1. The van der Waals surface area contributed by atoms with Gasteiger partial charge in [-0.3, -0.25) is 19.3 Å². The average Bonchev–Trinajstić information content (AvgIpc) is 3.56. The average molecular weight is 635 g/mol. The number of ether oxygens (including phenoxy) is 1. The second-order valence-corrected chi connectivity index (χ2v) is 12.6. The maximum Gasteiger partial charge on any atom is 0.255 e. The van der Waals surface area contributed by atoms with Gasteiger partial charge in [-0.05, 0) is 103 Å². The van der Waals surface area contributed by atoms with Crippen molar-refractivity contribution in [2.45, 2.75) is 45.6 Å². The maximum atomic E-state index is 13.5. The first-order chi connectivity index (χ1) is 21.7. The molecule has 1 fully saturated rings. The summed E-state index contributed by atoms with van der Waals surface area (Å²) in [6, 6.07) is 11.5. The third kappa shape index (κ3) is 8.67. The highest BCUT2D eigenvalue weighted by Crippen LogP contribution is 2.35. The van der Waals surface area contributed by atoms with Gasteiger partial charge in [0.05, 0.1) is 17.8 Å². The minimum absolute atomic E-state index is 0.0914. The largest absolute Gasteiger partial charge is 0.489 e. The molecule has 0 bridgehead atoms. The number of hydrogen-bond donors (Lipinski definition) is 3. The van der Waals surface area contributed by atoms with Gasteiger partial charge in [-0.25, -0.2) is 4.68 Å². The molecule has 3 amide bonds. The van der Waals surface area contributed by atoms with Gasteiger partial charge >= 0.3 is 0 Å². The zero-order chi connectivity index (χ0) is 31.8. The molecule has 2 aliphatic rings. The standard InChI is InChI=1S/C32H39ClN8O4/c1-22(2)17-27-31(44)34-20-32(11-3-4-16-45-28-10-5-23(33)18-26(28)30(43)37-27)12-14-40(15-13-32)19-29(42)36-24-6-8-25(9-7-24)41-21-35-38-39-41/h3-10,18,21-22,27H,11-17,19-20H2,1-2H3,(H,34,44)(H,36,42)(H,37,43)/b4-3+/t27-/m0/s1. The molecular formula is C32H39ClN8O4. The lowest BCUT2D eigenvalue weighted by atomic mass is 9.75. The molecule has 2 aromatic carbocycles. The van der Waals surface area contributed by atoms with Crippen molar-refractivity contribution in [2.24, 2.45) is 11.3 Å². The number of amides is 3. The number of nitrogens with one attached hydrogen (secondary N) is 3. The summed E-state index contributed by atoms with van der Waals surface area (Å²) in [7, 11) is 0. The minimum Gasteiger partial charge on any atom is -0.489 e. The van der Waals surface area contributed by atoms with Crippen molar-refractivity contribution in [3.8, 4) is 11.4 Å². The van der Waals surface area contributed by atoms with E-state index in [0.717, 1.165) is 24.9 Å². The van der Waals surface area contributed by atoms with Crippen LogP contribution in [-0.4, -0.2) is 81.7 Å². The molecule has 1 saturated heterocycles. The van der Waals surface area contributed by atoms with E-state index in [1.165, 1.54) is 6.33 Å². The number of allylic oxidation sites excluding steroid dienone is 1. The molecule has 13 heteroatoms. The minimum atomic E-state index is -0.703. The number of halogens is 1. The zero-order valence-corrected chi connectivity index (χ0v) is 26.3. The van der Waals surface area contributed by atoms with E-state index in [4.69, 9.17) is 16.3 Å². The van der Waals surface area contributed by atoms with Crippen LogP contribution in [0.4, 0.5) is 5.69 Å². The number of piperidine rings is 1. The number of rotatable bonds is 6. The summed E-state index contributed by atoms with van der Waals surface area (Å²) in [6.45, 7) is 6.50. The lowest BCUT2D eigenvalue weighted by Gasteiger charge is -2.41. The third-order valence-corrected chi connectivity index (χ3v) is 8.49. The number of hydrogen-bond acceptors (Lipinski definition) is 8. The number of aromatic nitrogens is 4. The van der Waals surface area contributed by atoms with Crippen molar-refractivity contribution >= 4 is 35.0 Å². The highest BCUT2D eigenvalue weighted by atomic mass is 35.5. The predicted molar refractivity (Wildman–Crippen MR) is 170 cm³/mol. The van der Waals surface area contributed by atoms with Crippen LogP contribution >= 0.6 is 11.6 Å². The van der Waals surface area contributed by atoms with Gasteiger partial charge in [0.15, 0.2) is 0 Å². The van der Waals surface area contributed by atoms with E-state index in [2.05, 4.69) is 42.5 Å². The molecule has 3 aromatic rings. The molecule has 0 aliphatic carbocycles. The molecule has 238 valence electrons. The molecule has 1 aromatic heterocycles. The Morgan fingerprint density at radius 1 is 1.13 bits per heavy atom. The lowest BCUT2D eigenvalue weighted by molar-refractivity contribution is -0.124. The van der Waals surface area contributed by atoms with Gasteiger partial charge in [0.1, 0.15) is 24.7 Å². The molecule has 5 rings (SSSR count). The Labute approximate surface area is 267 Å². The predicted octanol–water partition coefficient (Wildman–Crippen LogP) is 3.64. The second-order valence-electron chi connectivity index (χ2n) is 12.1. The Kier molecular flexibility index (Phi) is 10.5. The van der Waals surface area contributed by atoms with Crippen LogP contribution in [0.1, 0.15) is 49.9 Å². The number of anilines is 1. The lowest BCUT2D eigenvalue weighted by Crippen LogP contribution is -2.52. The summed E-state index contributed by atoms with van der Waals surface area (Å²) in [6.07, 6.45) is 8.37. The summed E-state index contributed by atoms with van der Waals surface area (Å²) >= 11 is 6.18. The van der Waals surface area contributed by atoms with Crippen LogP contribution in [0.2, 0.25) is 5.02 Å². The first-order valence-electron chi connectivity index (χ1n) is 15.2. The molecule has 12 nitrogen and oxygen atoms in total. The van der Waals surface area contributed by atoms with E-state index < -0.39 is 11.9 Å². The topological polar surface area (TPSA) is 143 Å². The van der Waals surface area contributed by atoms with Crippen molar-refractivity contribution in [1.29, 1.82) is 0 Å². The molecule has 2 aliphatic heterocycles. The number of benzene rings is 2. The van der Waals surface area contributed by atoms with Gasteiger partial charge in [0.25, 0.3) is 5.91 Å². The Hall–Kier alpha value is -4.29. The monoisotopic (exact) mass is 634 g/mol. The van der Waals surface area contributed by atoms with Gasteiger partial charge < -0.3 is 20.7 Å². The molecule has 3 heterocycles. The smallest absolute Gasteiger partial charge is 0.255 e. The van der Waals surface area contributed by atoms with E-state index in [1.807, 2.05) is 44.2 Å². The van der Waals surface area contributed by atoms with Crippen LogP contribution in [-0.2, 0) is 9.59 Å². The fourth-order valence-corrected chi connectivity index (χ4v) is 5.87. The van der Waals surface area contributed by atoms with E-state index in [1.54, 1.807) is 22.9 Å². The molecule has 3 N–H and O–H groups in total.